The minimum atomic E-state index is -0.214. The number of carbonyl (C=O) groups excluding carboxylic acids is 1. The Morgan fingerprint density at radius 3 is 3.06 bits per heavy atom. The minimum absolute atomic E-state index is 0.214. The molecule has 2 N–H and O–H groups in total. The smallest absolute Gasteiger partial charge is 0.319 e. The van der Waals surface area contributed by atoms with Gasteiger partial charge in [0.2, 0.25) is 5.88 Å². The average Bonchev–Trinajstić information content (AvgIpc) is 2.71. The lowest BCUT2D eigenvalue weighted by molar-refractivity contribution is 0.252. The van der Waals surface area contributed by atoms with Gasteiger partial charge in [-0.1, -0.05) is 0 Å². The Morgan fingerprint density at radius 1 is 1.53 bits per heavy atom. The fourth-order valence-electron chi connectivity index (χ4n) is 1.48. The van der Waals surface area contributed by atoms with Crippen LogP contribution in [0.4, 0.5) is 10.5 Å². The molecule has 0 aliphatic rings. The van der Waals surface area contributed by atoms with Gasteiger partial charge in [0.25, 0.3) is 0 Å². The van der Waals surface area contributed by atoms with Crippen LogP contribution in [0.2, 0.25) is 0 Å². The first-order valence-corrected chi connectivity index (χ1v) is 6.00. The van der Waals surface area contributed by atoms with E-state index in [1.165, 1.54) is 11.5 Å². The maximum Gasteiger partial charge on any atom is 0.319 e. The van der Waals surface area contributed by atoms with Gasteiger partial charge >= 0.3 is 6.03 Å². The van der Waals surface area contributed by atoms with Crippen LogP contribution >= 0.6 is 11.5 Å². The monoisotopic (exact) mass is 251 g/mol. The van der Waals surface area contributed by atoms with Crippen LogP contribution in [-0.2, 0) is 0 Å². The number of fused-ring (bicyclic) bond motifs is 1. The molecule has 90 valence electrons. The van der Waals surface area contributed by atoms with Crippen molar-refractivity contribution in [1.29, 1.82) is 0 Å². The van der Waals surface area contributed by atoms with Crippen molar-refractivity contribution in [2.75, 3.05) is 19.0 Å². The zero-order valence-electron chi connectivity index (χ0n) is 9.61. The SMILES string of the molecule is CCNC(=O)Nc1ccc2snc(OC)c2c1. The number of aromatic nitrogens is 1. The van der Waals surface area contributed by atoms with Gasteiger partial charge in [0.05, 0.1) is 17.2 Å². The number of urea groups is 1. The second-order valence-corrected chi connectivity index (χ2v) is 4.19. The van der Waals surface area contributed by atoms with Gasteiger partial charge in [0.15, 0.2) is 0 Å². The molecule has 0 aliphatic carbocycles. The third kappa shape index (κ3) is 2.47. The Labute approximate surface area is 103 Å². The van der Waals surface area contributed by atoms with E-state index in [0.717, 1.165) is 15.8 Å². The summed E-state index contributed by atoms with van der Waals surface area (Å²) in [5, 5.41) is 6.33. The van der Waals surface area contributed by atoms with Gasteiger partial charge in [0, 0.05) is 12.2 Å². The molecule has 6 heteroatoms. The molecule has 0 aliphatic heterocycles. The van der Waals surface area contributed by atoms with Gasteiger partial charge in [-0.15, -0.1) is 0 Å². The van der Waals surface area contributed by atoms with Crippen LogP contribution < -0.4 is 15.4 Å². The zero-order chi connectivity index (χ0) is 12.3. The van der Waals surface area contributed by atoms with Crippen molar-refractivity contribution in [2.24, 2.45) is 0 Å². The molecule has 0 unspecified atom stereocenters. The van der Waals surface area contributed by atoms with Crippen molar-refractivity contribution < 1.29 is 9.53 Å². The summed E-state index contributed by atoms with van der Waals surface area (Å²) in [6, 6.07) is 5.40. The van der Waals surface area contributed by atoms with Crippen LogP contribution in [0.1, 0.15) is 6.92 Å². The highest BCUT2D eigenvalue weighted by Gasteiger charge is 2.08. The molecular weight excluding hydrogens is 238 g/mol. The number of amides is 2. The maximum absolute atomic E-state index is 11.4. The summed E-state index contributed by atoms with van der Waals surface area (Å²) in [7, 11) is 1.58. The van der Waals surface area contributed by atoms with Crippen molar-refractivity contribution >= 4 is 33.3 Å². The fourth-order valence-corrected chi connectivity index (χ4v) is 2.20. The molecule has 5 nitrogen and oxygen atoms in total. The first kappa shape index (κ1) is 11.7. The largest absolute Gasteiger partial charge is 0.480 e. The number of hydrogen-bond acceptors (Lipinski definition) is 4. The summed E-state index contributed by atoms with van der Waals surface area (Å²) < 4.78 is 10.3. The molecule has 0 fully saturated rings. The van der Waals surface area contributed by atoms with Crippen LogP contribution in [0.5, 0.6) is 5.88 Å². The molecule has 2 aromatic rings. The molecule has 0 radical (unpaired) electrons. The molecule has 1 aromatic heterocycles. The lowest BCUT2D eigenvalue weighted by Gasteiger charge is -2.05. The molecule has 2 amide bonds. The number of nitrogens with one attached hydrogen (secondary N) is 2. The number of benzene rings is 1. The quantitative estimate of drug-likeness (QED) is 0.880. The van der Waals surface area contributed by atoms with E-state index >= 15 is 0 Å². The summed E-state index contributed by atoms with van der Waals surface area (Å²) in [5.74, 6) is 0.588. The van der Waals surface area contributed by atoms with E-state index in [-0.39, 0.29) is 6.03 Å². The molecule has 17 heavy (non-hydrogen) atoms. The lowest BCUT2D eigenvalue weighted by atomic mass is 10.2. The third-order valence-corrected chi connectivity index (χ3v) is 3.04. The average molecular weight is 251 g/mol. The lowest BCUT2D eigenvalue weighted by Crippen LogP contribution is -2.28. The van der Waals surface area contributed by atoms with Crippen molar-refractivity contribution in [2.45, 2.75) is 6.92 Å². The highest BCUT2D eigenvalue weighted by Crippen LogP contribution is 2.30. The number of rotatable bonds is 3. The molecule has 0 saturated heterocycles. The number of ether oxygens (including phenoxy) is 1. The molecule has 1 aromatic carbocycles. The number of carbonyl (C=O) groups is 1. The van der Waals surface area contributed by atoms with Crippen molar-refractivity contribution in [3.63, 3.8) is 0 Å². The summed E-state index contributed by atoms with van der Waals surface area (Å²) in [6.07, 6.45) is 0. The molecule has 0 spiro atoms. The minimum Gasteiger partial charge on any atom is -0.480 e. The van der Waals surface area contributed by atoms with Crippen molar-refractivity contribution in [1.82, 2.24) is 9.69 Å². The molecule has 0 atom stereocenters. The van der Waals surface area contributed by atoms with E-state index in [1.807, 2.05) is 25.1 Å². The standard InChI is InChI=1S/C11H13N3O2S/c1-3-12-11(15)13-7-4-5-9-8(6-7)10(16-2)14-17-9/h4-6H,3H2,1-2H3,(H2,12,13,15). The number of nitrogens with zero attached hydrogens (tertiary/aromatic N) is 1. The van der Waals surface area contributed by atoms with Gasteiger partial charge in [-0.25, -0.2) is 4.79 Å². The normalized spacial score (nSPS) is 10.2. The van der Waals surface area contributed by atoms with Gasteiger partial charge in [0.1, 0.15) is 0 Å². The van der Waals surface area contributed by atoms with E-state index in [4.69, 9.17) is 4.74 Å². The molecule has 2 rings (SSSR count). The Kier molecular flexibility index (Phi) is 3.43. The zero-order valence-corrected chi connectivity index (χ0v) is 10.4. The molecule has 0 bridgehead atoms. The van der Waals surface area contributed by atoms with Crippen LogP contribution in [0.15, 0.2) is 18.2 Å². The van der Waals surface area contributed by atoms with Gasteiger partial charge in [-0.05, 0) is 36.7 Å². The number of methoxy groups -OCH3 is 1. The molecule has 0 saturated carbocycles. The van der Waals surface area contributed by atoms with Crippen LogP contribution in [0, 0.1) is 0 Å². The third-order valence-electron chi connectivity index (χ3n) is 2.23. The summed E-state index contributed by atoms with van der Waals surface area (Å²) in [4.78, 5) is 11.4. The highest BCUT2D eigenvalue weighted by atomic mass is 32.1. The Balaban J connectivity index is 2.27. The maximum atomic E-state index is 11.4. The first-order valence-electron chi connectivity index (χ1n) is 5.23. The Hall–Kier alpha value is -1.82. The van der Waals surface area contributed by atoms with E-state index in [9.17, 15) is 4.79 Å². The van der Waals surface area contributed by atoms with E-state index in [2.05, 4.69) is 15.0 Å². The van der Waals surface area contributed by atoms with Crippen molar-refractivity contribution in [3.8, 4) is 5.88 Å². The van der Waals surface area contributed by atoms with Crippen LogP contribution in [-0.4, -0.2) is 24.1 Å². The summed E-state index contributed by atoms with van der Waals surface area (Å²) in [5.41, 5.74) is 0.724. The van der Waals surface area contributed by atoms with E-state index in [0.29, 0.717) is 12.4 Å². The van der Waals surface area contributed by atoms with E-state index < -0.39 is 0 Å². The first-order chi connectivity index (χ1) is 8.24. The Morgan fingerprint density at radius 2 is 2.35 bits per heavy atom. The predicted octanol–water partition coefficient (Wildman–Crippen LogP) is 2.45. The van der Waals surface area contributed by atoms with Gasteiger partial charge in [-0.2, -0.15) is 4.37 Å². The number of hydrogen-bond donors (Lipinski definition) is 2. The van der Waals surface area contributed by atoms with Gasteiger partial charge in [-0.3, -0.25) is 0 Å². The Bertz CT molecular complexity index is 538. The van der Waals surface area contributed by atoms with E-state index in [1.54, 1.807) is 7.11 Å². The highest BCUT2D eigenvalue weighted by molar-refractivity contribution is 7.13. The molecule has 1 heterocycles. The molecular formula is C11H13N3O2S. The van der Waals surface area contributed by atoms with Gasteiger partial charge < -0.3 is 15.4 Å². The van der Waals surface area contributed by atoms with Crippen LogP contribution in [0.25, 0.3) is 10.1 Å². The van der Waals surface area contributed by atoms with Crippen LogP contribution in [0.3, 0.4) is 0 Å². The van der Waals surface area contributed by atoms with Crippen molar-refractivity contribution in [3.05, 3.63) is 18.2 Å². The summed E-state index contributed by atoms with van der Waals surface area (Å²) >= 11 is 1.37. The summed E-state index contributed by atoms with van der Waals surface area (Å²) in [6.45, 7) is 2.46. The second kappa shape index (κ2) is 5.01. The second-order valence-electron chi connectivity index (χ2n) is 3.39. The fraction of sp³-hybridized carbons (Fsp3) is 0.273. The topological polar surface area (TPSA) is 63.2 Å². The number of anilines is 1. The predicted molar refractivity (Wildman–Crippen MR) is 68.9 cm³/mol.